The molecule has 1 aliphatic carbocycles. The number of hydrogen-bond donors (Lipinski definition) is 2. The smallest absolute Gasteiger partial charge is 0.406 e. The van der Waals surface area contributed by atoms with E-state index in [1.807, 2.05) is 4.90 Å². The third kappa shape index (κ3) is 1.71. The SMILES string of the molecule is C[C@@](C=O)(NC(=O)O)N1CC2CCC2C1. The van der Waals surface area contributed by atoms with Crippen LogP contribution in [0.25, 0.3) is 0 Å². The number of aldehydes is 1. The molecule has 0 bridgehead atoms. The second-order valence-electron chi connectivity index (χ2n) is 4.70. The van der Waals surface area contributed by atoms with Crippen molar-refractivity contribution >= 4 is 12.4 Å². The Morgan fingerprint density at radius 2 is 2.00 bits per heavy atom. The van der Waals surface area contributed by atoms with E-state index in [9.17, 15) is 9.59 Å². The second kappa shape index (κ2) is 3.48. The molecular weight excluding hydrogens is 196 g/mol. The molecule has 0 aromatic carbocycles. The fraction of sp³-hybridized carbons (Fsp3) is 0.800. The Labute approximate surface area is 88.4 Å². The first kappa shape index (κ1) is 10.4. The van der Waals surface area contributed by atoms with Crippen molar-refractivity contribution in [3.05, 3.63) is 0 Å². The predicted molar refractivity (Wildman–Crippen MR) is 53.4 cm³/mol. The number of carboxylic acid groups (broad SMARTS) is 1. The lowest BCUT2D eigenvalue weighted by molar-refractivity contribution is -0.118. The lowest BCUT2D eigenvalue weighted by Crippen LogP contribution is -2.58. The van der Waals surface area contributed by atoms with E-state index in [2.05, 4.69) is 5.32 Å². The molecule has 2 fully saturated rings. The summed E-state index contributed by atoms with van der Waals surface area (Å²) in [6.45, 7) is 3.29. The van der Waals surface area contributed by atoms with Crippen LogP contribution in [0, 0.1) is 11.8 Å². The number of likely N-dealkylation sites (tertiary alicyclic amines) is 1. The van der Waals surface area contributed by atoms with Crippen LogP contribution in [0.3, 0.4) is 0 Å². The molecule has 1 saturated heterocycles. The first-order valence-electron chi connectivity index (χ1n) is 5.27. The van der Waals surface area contributed by atoms with Gasteiger partial charge in [-0.25, -0.2) is 4.79 Å². The minimum absolute atomic E-state index is 0.667. The van der Waals surface area contributed by atoms with Crippen molar-refractivity contribution in [2.24, 2.45) is 11.8 Å². The molecule has 5 heteroatoms. The zero-order valence-electron chi connectivity index (χ0n) is 8.77. The molecule has 84 valence electrons. The van der Waals surface area contributed by atoms with Crippen LogP contribution in [0.5, 0.6) is 0 Å². The maximum Gasteiger partial charge on any atom is 0.406 e. The number of nitrogens with zero attached hydrogens (tertiary/aromatic N) is 1. The van der Waals surface area contributed by atoms with Gasteiger partial charge in [0, 0.05) is 13.1 Å². The summed E-state index contributed by atoms with van der Waals surface area (Å²) in [5, 5.41) is 11.0. The molecule has 1 saturated carbocycles. The Morgan fingerprint density at radius 1 is 1.47 bits per heavy atom. The summed E-state index contributed by atoms with van der Waals surface area (Å²) in [5.41, 5.74) is -1.05. The minimum atomic E-state index is -1.15. The lowest BCUT2D eigenvalue weighted by Gasteiger charge is -2.33. The van der Waals surface area contributed by atoms with Crippen LogP contribution in [0.2, 0.25) is 0 Å². The molecule has 2 aliphatic rings. The van der Waals surface area contributed by atoms with E-state index in [0.29, 0.717) is 18.1 Å². The Balaban J connectivity index is 2.05. The Morgan fingerprint density at radius 3 is 2.33 bits per heavy atom. The summed E-state index contributed by atoms with van der Waals surface area (Å²) in [6.07, 6.45) is 1.96. The van der Waals surface area contributed by atoms with Gasteiger partial charge < -0.3 is 5.11 Å². The number of rotatable bonds is 3. The van der Waals surface area contributed by atoms with Gasteiger partial charge in [0.25, 0.3) is 0 Å². The van der Waals surface area contributed by atoms with Crippen molar-refractivity contribution in [1.29, 1.82) is 0 Å². The fourth-order valence-corrected chi connectivity index (χ4v) is 2.54. The van der Waals surface area contributed by atoms with E-state index in [0.717, 1.165) is 13.1 Å². The average Bonchev–Trinajstić information content (AvgIpc) is 2.42. The minimum Gasteiger partial charge on any atom is -0.465 e. The number of nitrogens with one attached hydrogen (secondary N) is 1. The van der Waals surface area contributed by atoms with Gasteiger partial charge in [0.15, 0.2) is 6.29 Å². The molecule has 1 amide bonds. The quantitative estimate of drug-likeness (QED) is 0.669. The van der Waals surface area contributed by atoms with Crippen molar-refractivity contribution in [1.82, 2.24) is 10.2 Å². The number of fused-ring (bicyclic) bond motifs is 1. The zero-order chi connectivity index (χ0) is 11.1. The van der Waals surface area contributed by atoms with Crippen LogP contribution in [0.4, 0.5) is 4.79 Å². The van der Waals surface area contributed by atoms with Crippen molar-refractivity contribution in [3.63, 3.8) is 0 Å². The molecule has 1 aliphatic heterocycles. The summed E-state index contributed by atoms with van der Waals surface area (Å²) in [6, 6.07) is 0. The molecule has 0 spiro atoms. The maximum atomic E-state index is 11.0. The van der Waals surface area contributed by atoms with Crippen LogP contribution in [0.1, 0.15) is 19.8 Å². The third-order valence-electron chi connectivity index (χ3n) is 3.73. The Kier molecular flexibility index (Phi) is 2.42. The highest BCUT2D eigenvalue weighted by Crippen LogP contribution is 2.41. The molecule has 0 aromatic heterocycles. The van der Waals surface area contributed by atoms with Gasteiger partial charge in [-0.2, -0.15) is 0 Å². The largest absolute Gasteiger partial charge is 0.465 e. The summed E-state index contributed by atoms with van der Waals surface area (Å²) in [5.74, 6) is 1.33. The van der Waals surface area contributed by atoms with E-state index in [1.165, 1.54) is 12.8 Å². The molecular formula is C10H16N2O3. The van der Waals surface area contributed by atoms with Crippen LogP contribution in [-0.2, 0) is 4.79 Å². The number of carbonyl (C=O) groups excluding carboxylic acids is 1. The zero-order valence-corrected chi connectivity index (χ0v) is 8.77. The molecule has 3 atom stereocenters. The molecule has 1 heterocycles. The second-order valence-corrected chi connectivity index (χ2v) is 4.70. The van der Waals surface area contributed by atoms with Gasteiger partial charge in [0.05, 0.1) is 0 Å². The van der Waals surface area contributed by atoms with E-state index < -0.39 is 11.8 Å². The lowest BCUT2D eigenvalue weighted by atomic mass is 9.77. The van der Waals surface area contributed by atoms with Crippen molar-refractivity contribution in [3.8, 4) is 0 Å². The predicted octanol–water partition coefficient (Wildman–Crippen LogP) is 0.511. The number of hydrogen-bond acceptors (Lipinski definition) is 3. The highest BCUT2D eigenvalue weighted by atomic mass is 16.4. The van der Waals surface area contributed by atoms with Gasteiger partial charge in [0.1, 0.15) is 5.66 Å². The van der Waals surface area contributed by atoms with Crippen molar-refractivity contribution < 1.29 is 14.7 Å². The van der Waals surface area contributed by atoms with Gasteiger partial charge in [-0.3, -0.25) is 15.0 Å². The van der Waals surface area contributed by atoms with Crippen molar-refractivity contribution in [2.75, 3.05) is 13.1 Å². The molecule has 0 radical (unpaired) electrons. The van der Waals surface area contributed by atoms with Crippen LogP contribution >= 0.6 is 0 Å². The molecule has 2 N–H and O–H groups in total. The summed E-state index contributed by atoms with van der Waals surface area (Å²) in [7, 11) is 0. The monoisotopic (exact) mass is 212 g/mol. The van der Waals surface area contributed by atoms with Gasteiger partial charge >= 0.3 is 6.09 Å². The third-order valence-corrected chi connectivity index (χ3v) is 3.73. The van der Waals surface area contributed by atoms with Crippen molar-refractivity contribution in [2.45, 2.75) is 25.4 Å². The van der Waals surface area contributed by atoms with E-state index in [-0.39, 0.29) is 0 Å². The molecule has 2 unspecified atom stereocenters. The van der Waals surface area contributed by atoms with E-state index in [4.69, 9.17) is 5.11 Å². The van der Waals surface area contributed by atoms with Gasteiger partial charge in [0.2, 0.25) is 0 Å². The highest BCUT2D eigenvalue weighted by Gasteiger charge is 2.46. The van der Waals surface area contributed by atoms with Gasteiger partial charge in [-0.05, 0) is 31.6 Å². The maximum absolute atomic E-state index is 11.0. The van der Waals surface area contributed by atoms with Crippen LogP contribution in [-0.4, -0.2) is 41.1 Å². The highest BCUT2D eigenvalue weighted by molar-refractivity contribution is 5.74. The fourth-order valence-electron chi connectivity index (χ4n) is 2.54. The standard InChI is InChI=1S/C10H16N2O3/c1-10(6-13,11-9(14)15)12-4-7-2-3-8(7)5-12/h6-8,11H,2-5H2,1H3,(H,14,15)/t7?,8?,10-/m1/s1. The first-order valence-corrected chi connectivity index (χ1v) is 5.27. The summed E-state index contributed by atoms with van der Waals surface area (Å²) in [4.78, 5) is 23.6. The molecule has 15 heavy (non-hydrogen) atoms. The van der Waals surface area contributed by atoms with E-state index >= 15 is 0 Å². The molecule has 2 rings (SSSR count). The van der Waals surface area contributed by atoms with Crippen LogP contribution in [0.15, 0.2) is 0 Å². The Hall–Kier alpha value is -1.10. The Bertz CT molecular complexity index is 282. The average molecular weight is 212 g/mol. The first-order chi connectivity index (χ1) is 7.05. The number of amides is 1. The van der Waals surface area contributed by atoms with Gasteiger partial charge in [-0.1, -0.05) is 0 Å². The molecule has 5 nitrogen and oxygen atoms in total. The summed E-state index contributed by atoms with van der Waals surface area (Å²) < 4.78 is 0. The van der Waals surface area contributed by atoms with E-state index in [1.54, 1.807) is 6.92 Å². The van der Waals surface area contributed by atoms with Crippen LogP contribution < -0.4 is 5.32 Å². The summed E-state index contributed by atoms with van der Waals surface area (Å²) >= 11 is 0. The topological polar surface area (TPSA) is 69.6 Å². The number of carbonyl (C=O) groups is 2. The normalized spacial score (nSPS) is 33.7. The van der Waals surface area contributed by atoms with Gasteiger partial charge in [-0.15, -0.1) is 0 Å². The molecule has 0 aromatic rings.